The summed E-state index contributed by atoms with van der Waals surface area (Å²) in [6.45, 7) is 0. The molecule has 0 fully saturated rings. The molecule has 30 heavy (non-hydrogen) atoms. The van der Waals surface area contributed by atoms with Crippen LogP contribution in [0, 0.1) is 0 Å². The molecule has 2 aromatic heterocycles. The molecular formula is C23H18N4OS2. The molecule has 0 saturated heterocycles. The number of hydrogen-bond acceptors (Lipinski definition) is 6. The summed E-state index contributed by atoms with van der Waals surface area (Å²) in [5, 5.41) is 11.3. The zero-order chi connectivity index (χ0) is 20.1. The Morgan fingerprint density at radius 2 is 1.87 bits per heavy atom. The molecule has 1 N–H and O–H groups in total. The van der Waals surface area contributed by atoms with Gasteiger partial charge in [-0.1, -0.05) is 60.3 Å². The minimum Gasteiger partial charge on any atom is -0.480 e. The normalized spacial score (nSPS) is 19.4. The average molecular weight is 431 g/mol. The van der Waals surface area contributed by atoms with Crippen LogP contribution in [0.2, 0.25) is 0 Å². The lowest BCUT2D eigenvalue weighted by Crippen LogP contribution is -2.32. The van der Waals surface area contributed by atoms with Gasteiger partial charge in [0, 0.05) is 16.0 Å². The van der Waals surface area contributed by atoms with Crippen molar-refractivity contribution in [3.05, 3.63) is 93.7 Å². The maximum Gasteiger partial charge on any atom is 0.227 e. The van der Waals surface area contributed by atoms with Crippen molar-refractivity contribution in [1.82, 2.24) is 14.8 Å². The van der Waals surface area contributed by atoms with Crippen molar-refractivity contribution >= 4 is 34.7 Å². The molecule has 0 aliphatic carbocycles. The number of hydrogen-bond donors (Lipinski definition) is 1. The first-order chi connectivity index (χ1) is 14.8. The number of benzene rings is 2. The van der Waals surface area contributed by atoms with Gasteiger partial charge in [0.15, 0.2) is 0 Å². The van der Waals surface area contributed by atoms with Gasteiger partial charge in [0.2, 0.25) is 11.1 Å². The number of ether oxygens (including phenoxy) is 1. The molecule has 0 bridgehead atoms. The first kappa shape index (κ1) is 17.8. The van der Waals surface area contributed by atoms with Crippen LogP contribution in [0.25, 0.3) is 5.70 Å². The fourth-order valence-corrected chi connectivity index (χ4v) is 5.34. The lowest BCUT2D eigenvalue weighted by molar-refractivity contribution is 0.223. The van der Waals surface area contributed by atoms with E-state index in [1.165, 1.54) is 4.88 Å². The van der Waals surface area contributed by atoms with Crippen molar-refractivity contribution in [3.63, 3.8) is 0 Å². The van der Waals surface area contributed by atoms with Gasteiger partial charge in [-0.25, -0.2) is 4.68 Å². The van der Waals surface area contributed by atoms with Crippen LogP contribution < -0.4 is 10.1 Å². The summed E-state index contributed by atoms with van der Waals surface area (Å²) in [6.07, 6.45) is 1.78. The molecule has 7 heteroatoms. The highest BCUT2D eigenvalue weighted by Crippen LogP contribution is 2.51. The molecule has 2 aliphatic heterocycles. The highest BCUT2D eigenvalue weighted by Gasteiger charge is 2.41. The largest absolute Gasteiger partial charge is 0.480 e. The quantitative estimate of drug-likeness (QED) is 0.428. The second-order valence-electron chi connectivity index (χ2n) is 7.14. The third-order valence-corrected chi connectivity index (χ3v) is 6.92. The molecule has 0 saturated carbocycles. The van der Waals surface area contributed by atoms with E-state index >= 15 is 0 Å². The molecule has 2 atom stereocenters. The van der Waals surface area contributed by atoms with Crippen molar-refractivity contribution in [1.29, 1.82) is 0 Å². The summed E-state index contributed by atoms with van der Waals surface area (Å²) in [4.78, 5) is 5.94. The smallest absolute Gasteiger partial charge is 0.227 e. The summed E-state index contributed by atoms with van der Waals surface area (Å²) in [6, 6.07) is 22.8. The van der Waals surface area contributed by atoms with Crippen LogP contribution in [0.1, 0.15) is 28.1 Å². The first-order valence-corrected chi connectivity index (χ1v) is 11.8. The van der Waals surface area contributed by atoms with Crippen LogP contribution in [-0.4, -0.2) is 21.0 Å². The van der Waals surface area contributed by atoms with Gasteiger partial charge in [-0.2, -0.15) is 4.98 Å². The second-order valence-corrected chi connectivity index (χ2v) is 8.90. The predicted molar refractivity (Wildman–Crippen MR) is 121 cm³/mol. The van der Waals surface area contributed by atoms with Crippen LogP contribution >= 0.6 is 23.1 Å². The van der Waals surface area contributed by atoms with Crippen molar-refractivity contribution in [3.8, 4) is 5.75 Å². The number of fused-ring (bicyclic) bond motifs is 3. The van der Waals surface area contributed by atoms with Crippen molar-refractivity contribution < 1.29 is 4.74 Å². The molecule has 4 aromatic rings. The standard InChI is InChI=1S/C23H18N4OS2/c1-29-23-25-22-24-19-15-10-5-6-11-16(15)28-21(14-8-3-2-4-9-14)18(19)20(27(22)26-23)17-12-7-13-30-17/h2-13,20-21H,1H3,(H,24,25,26)/t20-,21-/m0/s1. The number of rotatable bonds is 3. The molecule has 0 radical (unpaired) electrons. The molecule has 0 unspecified atom stereocenters. The van der Waals surface area contributed by atoms with Crippen LogP contribution in [0.4, 0.5) is 5.95 Å². The first-order valence-electron chi connectivity index (χ1n) is 9.69. The monoisotopic (exact) mass is 430 g/mol. The van der Waals surface area contributed by atoms with E-state index < -0.39 is 0 Å². The summed E-state index contributed by atoms with van der Waals surface area (Å²) in [5.74, 6) is 1.64. The molecule has 0 spiro atoms. The van der Waals surface area contributed by atoms with E-state index in [-0.39, 0.29) is 12.1 Å². The van der Waals surface area contributed by atoms with Crippen molar-refractivity contribution in [2.45, 2.75) is 17.3 Å². The van der Waals surface area contributed by atoms with Gasteiger partial charge in [-0.05, 0) is 35.4 Å². The van der Waals surface area contributed by atoms with Crippen LogP contribution in [-0.2, 0) is 0 Å². The van der Waals surface area contributed by atoms with Gasteiger partial charge in [0.1, 0.15) is 17.9 Å². The molecule has 4 heterocycles. The summed E-state index contributed by atoms with van der Waals surface area (Å²) >= 11 is 3.28. The van der Waals surface area contributed by atoms with Gasteiger partial charge < -0.3 is 10.1 Å². The number of nitrogens with zero attached hydrogens (tertiary/aromatic N) is 3. The van der Waals surface area contributed by atoms with E-state index in [2.05, 4.69) is 53.2 Å². The molecule has 5 nitrogen and oxygen atoms in total. The Kier molecular flexibility index (Phi) is 4.17. The topological polar surface area (TPSA) is 52.0 Å². The fraction of sp³-hybridized carbons (Fsp3) is 0.130. The number of thiophene rings is 1. The zero-order valence-corrected chi connectivity index (χ0v) is 17.8. The maximum absolute atomic E-state index is 6.60. The Hall–Kier alpha value is -3.03. The highest BCUT2D eigenvalue weighted by molar-refractivity contribution is 7.98. The minimum absolute atomic E-state index is 0.0804. The molecule has 2 aromatic carbocycles. The van der Waals surface area contributed by atoms with E-state index in [0.29, 0.717) is 0 Å². The number of anilines is 1. The van der Waals surface area contributed by atoms with Gasteiger partial charge in [-0.3, -0.25) is 0 Å². The predicted octanol–water partition coefficient (Wildman–Crippen LogP) is 5.62. The van der Waals surface area contributed by atoms with E-state index in [0.717, 1.165) is 39.3 Å². The Morgan fingerprint density at radius 1 is 1.03 bits per heavy atom. The Labute approximate surface area is 182 Å². The van der Waals surface area contributed by atoms with Crippen LogP contribution in [0.15, 0.2) is 82.8 Å². The molecule has 0 amide bonds. The third-order valence-electron chi connectivity index (χ3n) is 5.46. The Morgan fingerprint density at radius 3 is 2.67 bits per heavy atom. The van der Waals surface area contributed by atoms with Gasteiger partial charge in [0.05, 0.1) is 5.70 Å². The van der Waals surface area contributed by atoms with E-state index in [4.69, 9.17) is 14.8 Å². The van der Waals surface area contributed by atoms with E-state index in [9.17, 15) is 0 Å². The summed E-state index contributed by atoms with van der Waals surface area (Å²) < 4.78 is 8.61. The number of thioether (sulfide) groups is 1. The van der Waals surface area contributed by atoms with Gasteiger partial charge >= 0.3 is 0 Å². The van der Waals surface area contributed by atoms with Crippen molar-refractivity contribution in [2.24, 2.45) is 0 Å². The lowest BCUT2D eigenvalue weighted by Gasteiger charge is -2.38. The fourth-order valence-electron chi connectivity index (χ4n) is 4.17. The van der Waals surface area contributed by atoms with E-state index in [1.54, 1.807) is 23.1 Å². The zero-order valence-electron chi connectivity index (χ0n) is 16.1. The van der Waals surface area contributed by atoms with Crippen LogP contribution in [0.3, 0.4) is 0 Å². The van der Waals surface area contributed by atoms with Gasteiger partial charge in [-0.15, -0.1) is 16.4 Å². The average Bonchev–Trinajstić information content (AvgIpc) is 3.47. The Balaban J connectivity index is 1.64. The maximum atomic E-state index is 6.60. The van der Waals surface area contributed by atoms with Crippen molar-refractivity contribution in [2.75, 3.05) is 11.6 Å². The van der Waals surface area contributed by atoms with Gasteiger partial charge in [0.25, 0.3) is 0 Å². The van der Waals surface area contributed by atoms with E-state index in [1.807, 2.05) is 35.2 Å². The lowest BCUT2D eigenvalue weighted by atomic mass is 9.87. The summed E-state index contributed by atoms with van der Waals surface area (Å²) in [7, 11) is 0. The summed E-state index contributed by atoms with van der Waals surface area (Å²) in [5.41, 5.74) is 4.40. The highest BCUT2D eigenvalue weighted by atomic mass is 32.2. The third kappa shape index (κ3) is 2.69. The molecular weight excluding hydrogens is 412 g/mol. The second kappa shape index (κ2) is 7.04. The number of para-hydroxylation sites is 1. The number of nitrogens with one attached hydrogen (secondary N) is 1. The minimum atomic E-state index is -0.217. The SMILES string of the molecule is CSc1nc2n(n1)[C@@H](c1cccs1)C1=C(N2)c2ccccc2O[C@H]1c1ccccc1. The molecule has 148 valence electrons. The molecule has 2 aliphatic rings. The number of aromatic nitrogens is 3. The molecule has 6 rings (SSSR count). The van der Waals surface area contributed by atoms with Crippen LogP contribution in [0.5, 0.6) is 5.75 Å². The Bertz CT molecular complexity index is 1250.